The first-order chi connectivity index (χ1) is 11.2. The van der Waals surface area contributed by atoms with Gasteiger partial charge in [-0.05, 0) is 41.0 Å². The number of hydrogen-bond donors (Lipinski definition) is 1. The van der Waals surface area contributed by atoms with Gasteiger partial charge in [-0.2, -0.15) is 0 Å². The van der Waals surface area contributed by atoms with Crippen LogP contribution in [0.3, 0.4) is 0 Å². The Labute approximate surface area is 132 Å². The molecule has 0 bridgehead atoms. The Morgan fingerprint density at radius 3 is 2.96 bits per heavy atom. The van der Waals surface area contributed by atoms with Crippen molar-refractivity contribution >= 4 is 28.4 Å². The van der Waals surface area contributed by atoms with Crippen molar-refractivity contribution in [2.45, 2.75) is 6.92 Å². The van der Waals surface area contributed by atoms with Gasteiger partial charge in [-0.3, -0.25) is 4.79 Å². The third kappa shape index (κ3) is 2.40. The second-order valence-electron chi connectivity index (χ2n) is 5.67. The lowest BCUT2D eigenvalue weighted by Crippen LogP contribution is -2.52. The number of nitrogens with one attached hydrogen (secondary N) is 1. The lowest BCUT2D eigenvalue weighted by atomic mass is 9.98. The average Bonchev–Trinajstić information content (AvgIpc) is 2.97. The number of hydrogen-bond acceptors (Lipinski definition) is 6. The minimum absolute atomic E-state index is 0.0228. The highest BCUT2D eigenvalue weighted by Crippen LogP contribution is 2.27. The van der Waals surface area contributed by atoms with Crippen LogP contribution >= 0.6 is 0 Å². The molecule has 116 valence electrons. The van der Waals surface area contributed by atoms with Crippen molar-refractivity contribution in [3.8, 4) is 0 Å². The van der Waals surface area contributed by atoms with Crippen LogP contribution in [0.25, 0.3) is 11.0 Å². The fourth-order valence-electron chi connectivity index (χ4n) is 2.77. The third-order valence-corrected chi connectivity index (χ3v) is 4.08. The molecule has 7 heteroatoms. The van der Waals surface area contributed by atoms with Crippen LogP contribution in [0.5, 0.6) is 0 Å². The molecule has 1 saturated heterocycles. The van der Waals surface area contributed by atoms with E-state index >= 15 is 0 Å². The van der Waals surface area contributed by atoms with Gasteiger partial charge < -0.3 is 10.2 Å². The Bertz CT molecular complexity index is 870. The summed E-state index contributed by atoms with van der Waals surface area (Å²) < 4.78 is 4.71. The fourth-order valence-corrected chi connectivity index (χ4v) is 2.77. The normalized spacial score (nSPS) is 14.7. The Hall–Kier alpha value is -2.96. The standard InChI is InChI=1S/C16H15N5O2/c1-10-4-3-7-17-15(10)21-8-11(9-21)16(22)18-12-5-2-6-13-14(12)20-23-19-13/h2-7,11H,8-9H2,1H3,(H,18,22). The summed E-state index contributed by atoms with van der Waals surface area (Å²) in [5.74, 6) is 0.858. The summed E-state index contributed by atoms with van der Waals surface area (Å²) in [6.07, 6.45) is 1.77. The van der Waals surface area contributed by atoms with Crippen LogP contribution in [0.15, 0.2) is 41.2 Å². The highest BCUT2D eigenvalue weighted by Gasteiger charge is 2.34. The molecule has 1 N–H and O–H groups in total. The lowest BCUT2D eigenvalue weighted by molar-refractivity contribution is -0.120. The second kappa shape index (κ2) is 5.35. The van der Waals surface area contributed by atoms with Crippen molar-refractivity contribution in [3.05, 3.63) is 42.1 Å². The summed E-state index contributed by atoms with van der Waals surface area (Å²) >= 11 is 0. The molecule has 2 aromatic heterocycles. The Morgan fingerprint density at radius 1 is 1.26 bits per heavy atom. The maximum atomic E-state index is 12.4. The van der Waals surface area contributed by atoms with Crippen LogP contribution in [0, 0.1) is 12.8 Å². The first-order valence-electron chi connectivity index (χ1n) is 7.41. The molecule has 3 aromatic rings. The fraction of sp³-hybridized carbons (Fsp3) is 0.250. The number of carbonyl (C=O) groups is 1. The van der Waals surface area contributed by atoms with Gasteiger partial charge in [-0.1, -0.05) is 12.1 Å². The first-order valence-corrected chi connectivity index (χ1v) is 7.41. The average molecular weight is 309 g/mol. The number of aromatic nitrogens is 3. The van der Waals surface area contributed by atoms with Crippen LogP contribution in [0.2, 0.25) is 0 Å². The van der Waals surface area contributed by atoms with E-state index in [9.17, 15) is 4.79 Å². The number of carbonyl (C=O) groups excluding carboxylic acids is 1. The Balaban J connectivity index is 1.44. The molecule has 0 radical (unpaired) electrons. The van der Waals surface area contributed by atoms with E-state index in [4.69, 9.17) is 4.63 Å². The van der Waals surface area contributed by atoms with E-state index in [1.165, 1.54) is 0 Å². The predicted octanol–water partition coefficient (Wildman–Crippen LogP) is 2.00. The van der Waals surface area contributed by atoms with Crippen LogP contribution in [-0.2, 0) is 4.79 Å². The summed E-state index contributed by atoms with van der Waals surface area (Å²) in [4.78, 5) is 18.9. The number of benzene rings is 1. The predicted molar refractivity (Wildman–Crippen MR) is 85.1 cm³/mol. The van der Waals surface area contributed by atoms with Gasteiger partial charge in [0.25, 0.3) is 0 Å². The van der Waals surface area contributed by atoms with Gasteiger partial charge >= 0.3 is 0 Å². The van der Waals surface area contributed by atoms with Gasteiger partial charge in [0.1, 0.15) is 11.3 Å². The van der Waals surface area contributed by atoms with Gasteiger partial charge in [0.05, 0.1) is 11.6 Å². The molecule has 4 rings (SSSR count). The van der Waals surface area contributed by atoms with Crippen molar-refractivity contribution in [1.29, 1.82) is 0 Å². The van der Waals surface area contributed by atoms with Crippen molar-refractivity contribution in [2.75, 3.05) is 23.3 Å². The number of aryl methyl sites for hydroxylation is 1. The number of rotatable bonds is 3. The monoisotopic (exact) mass is 309 g/mol. The van der Waals surface area contributed by atoms with E-state index < -0.39 is 0 Å². The molecule has 1 fully saturated rings. The summed E-state index contributed by atoms with van der Waals surface area (Å²) in [6.45, 7) is 3.35. The van der Waals surface area contributed by atoms with E-state index in [1.54, 1.807) is 18.3 Å². The van der Waals surface area contributed by atoms with E-state index in [-0.39, 0.29) is 11.8 Å². The summed E-state index contributed by atoms with van der Waals surface area (Å²) in [6, 6.07) is 9.33. The molecule has 0 unspecified atom stereocenters. The quantitative estimate of drug-likeness (QED) is 0.796. The van der Waals surface area contributed by atoms with Crippen molar-refractivity contribution in [2.24, 2.45) is 5.92 Å². The molecule has 23 heavy (non-hydrogen) atoms. The van der Waals surface area contributed by atoms with Gasteiger partial charge in [0, 0.05) is 19.3 Å². The maximum absolute atomic E-state index is 12.4. The topological polar surface area (TPSA) is 84.2 Å². The van der Waals surface area contributed by atoms with Gasteiger partial charge in [-0.15, -0.1) is 0 Å². The van der Waals surface area contributed by atoms with Crippen molar-refractivity contribution in [3.63, 3.8) is 0 Å². The number of amides is 1. The lowest BCUT2D eigenvalue weighted by Gasteiger charge is -2.39. The van der Waals surface area contributed by atoms with E-state index in [0.717, 1.165) is 11.4 Å². The molecule has 3 heterocycles. The molecule has 1 amide bonds. The SMILES string of the molecule is Cc1cccnc1N1CC(C(=O)Nc2cccc3nonc23)C1. The molecule has 7 nitrogen and oxygen atoms in total. The molecule has 0 atom stereocenters. The molecule has 0 saturated carbocycles. The van der Waals surface area contributed by atoms with Crippen LogP contribution in [-0.4, -0.2) is 34.3 Å². The molecule has 1 aliphatic heterocycles. The number of nitrogens with zero attached hydrogens (tertiary/aromatic N) is 4. The maximum Gasteiger partial charge on any atom is 0.231 e. The highest BCUT2D eigenvalue weighted by molar-refractivity contribution is 6.00. The van der Waals surface area contributed by atoms with E-state index in [0.29, 0.717) is 29.8 Å². The highest BCUT2D eigenvalue weighted by atomic mass is 16.6. The second-order valence-corrected chi connectivity index (χ2v) is 5.67. The number of fused-ring (bicyclic) bond motifs is 1. The van der Waals surface area contributed by atoms with Gasteiger partial charge in [0.2, 0.25) is 5.91 Å². The van der Waals surface area contributed by atoms with Crippen LogP contribution < -0.4 is 10.2 Å². The van der Waals surface area contributed by atoms with E-state index in [2.05, 4.69) is 25.5 Å². The molecular weight excluding hydrogens is 294 g/mol. The first kappa shape index (κ1) is 13.7. The summed E-state index contributed by atoms with van der Waals surface area (Å²) in [5.41, 5.74) is 2.94. The largest absolute Gasteiger partial charge is 0.355 e. The number of anilines is 2. The molecule has 1 aromatic carbocycles. The zero-order valence-corrected chi connectivity index (χ0v) is 12.6. The van der Waals surface area contributed by atoms with Crippen LogP contribution in [0.1, 0.15) is 5.56 Å². The van der Waals surface area contributed by atoms with Gasteiger partial charge in [-0.25, -0.2) is 9.61 Å². The van der Waals surface area contributed by atoms with E-state index in [1.807, 2.05) is 25.1 Å². The smallest absolute Gasteiger partial charge is 0.231 e. The Kier molecular flexibility index (Phi) is 3.18. The van der Waals surface area contributed by atoms with Crippen molar-refractivity contribution < 1.29 is 9.42 Å². The minimum Gasteiger partial charge on any atom is -0.355 e. The van der Waals surface area contributed by atoms with Crippen LogP contribution in [0.4, 0.5) is 11.5 Å². The van der Waals surface area contributed by atoms with Crippen molar-refractivity contribution in [1.82, 2.24) is 15.3 Å². The Morgan fingerprint density at radius 2 is 2.13 bits per heavy atom. The summed E-state index contributed by atoms with van der Waals surface area (Å²) in [5, 5.41) is 10.5. The molecule has 0 spiro atoms. The minimum atomic E-state index is -0.0634. The third-order valence-electron chi connectivity index (χ3n) is 4.08. The summed E-state index contributed by atoms with van der Waals surface area (Å²) in [7, 11) is 0. The molecule has 1 aliphatic rings. The zero-order chi connectivity index (χ0) is 15.8. The molecular formula is C16H15N5O2. The zero-order valence-electron chi connectivity index (χ0n) is 12.6. The van der Waals surface area contributed by atoms with Gasteiger partial charge in [0.15, 0.2) is 5.52 Å². The number of pyridine rings is 1. The molecule has 0 aliphatic carbocycles.